The molecule has 69 valence electrons. The van der Waals surface area contributed by atoms with E-state index in [0.29, 0.717) is 5.92 Å². The first kappa shape index (κ1) is 15.2. The summed E-state index contributed by atoms with van der Waals surface area (Å²) in [6.07, 6.45) is 2.18. The van der Waals surface area contributed by atoms with Gasteiger partial charge in [0.05, 0.1) is 0 Å². The molecule has 0 nitrogen and oxygen atoms in total. The average Bonchev–Trinajstić information content (AvgIpc) is 2.00. The van der Waals surface area contributed by atoms with Crippen molar-refractivity contribution in [2.45, 2.75) is 41.5 Å². The maximum absolute atomic E-state index is 2.26. The van der Waals surface area contributed by atoms with Gasteiger partial charge in [-0.05, 0) is 0 Å². The van der Waals surface area contributed by atoms with Gasteiger partial charge in [0.2, 0.25) is 0 Å². The molecule has 0 aliphatic rings. The molecule has 0 aromatic heterocycles. The first-order valence-electron chi connectivity index (χ1n) is 4.27. The van der Waals surface area contributed by atoms with Gasteiger partial charge in [-0.2, -0.15) is 13.8 Å². The first-order valence-corrected chi connectivity index (χ1v) is 4.27. The molecule has 0 heterocycles. The Morgan fingerprint density at radius 3 is 1.92 bits per heavy atom. The minimum atomic E-state index is 0. The van der Waals surface area contributed by atoms with Crippen molar-refractivity contribution in [3.05, 3.63) is 23.5 Å². The van der Waals surface area contributed by atoms with Crippen molar-refractivity contribution < 1.29 is 32.7 Å². The zero-order valence-electron chi connectivity index (χ0n) is 9.23. The largest absolute Gasteiger partial charge is 0.329 e. The van der Waals surface area contributed by atoms with Crippen LogP contribution in [0.15, 0.2) is 11.1 Å². The molecule has 0 N–H and O–H groups in total. The zero-order chi connectivity index (χ0) is 9.02. The van der Waals surface area contributed by atoms with Crippen molar-refractivity contribution in [3.8, 4) is 0 Å². The molecular weight excluding hydrogens is 221 g/mol. The van der Waals surface area contributed by atoms with Gasteiger partial charge in [0.25, 0.3) is 0 Å². The van der Waals surface area contributed by atoms with Crippen molar-refractivity contribution in [1.29, 1.82) is 0 Å². The third kappa shape index (κ3) is 4.67. The predicted molar refractivity (Wildman–Crippen MR) is 52.1 cm³/mol. The van der Waals surface area contributed by atoms with E-state index in [4.69, 9.17) is 0 Å². The average molecular weight is 241 g/mol. The van der Waals surface area contributed by atoms with Crippen LogP contribution in [-0.2, 0) is 32.7 Å². The molecule has 0 aliphatic heterocycles. The Balaban J connectivity index is 0. The molecule has 0 aromatic carbocycles. The Labute approximate surface area is 103 Å². The van der Waals surface area contributed by atoms with Gasteiger partial charge in [-0.25, -0.2) is 23.5 Å². The van der Waals surface area contributed by atoms with E-state index in [1.807, 2.05) is 0 Å². The van der Waals surface area contributed by atoms with Gasteiger partial charge in [-0.3, -0.25) is 0 Å². The number of hydrogen-bond acceptors (Lipinski definition) is 0. The molecule has 0 rings (SSSR count). The van der Waals surface area contributed by atoms with Crippen LogP contribution in [0.5, 0.6) is 0 Å². The van der Waals surface area contributed by atoms with Crippen molar-refractivity contribution in [3.63, 3.8) is 0 Å². The maximum atomic E-state index is 2.26. The molecule has 1 radical (unpaired) electrons. The number of rotatable bonds is 3. The second kappa shape index (κ2) is 7.15. The summed E-state index contributed by atoms with van der Waals surface area (Å²) in [5.41, 5.74) is 2.91. The van der Waals surface area contributed by atoms with Crippen LogP contribution in [0.3, 0.4) is 0 Å². The fourth-order valence-electron chi connectivity index (χ4n) is 1.00. The van der Waals surface area contributed by atoms with E-state index in [0.717, 1.165) is 0 Å². The molecule has 0 amide bonds. The smallest absolute Gasteiger partial charge is 0 e. The van der Waals surface area contributed by atoms with Gasteiger partial charge in [-0.1, -0.05) is 6.92 Å². The molecule has 0 fully saturated rings. The van der Waals surface area contributed by atoms with E-state index in [1.165, 1.54) is 17.1 Å². The minimum Gasteiger partial charge on any atom is -0.329 e. The summed E-state index contributed by atoms with van der Waals surface area (Å²) in [6.45, 7) is 13.1. The quantitative estimate of drug-likeness (QED) is 0.659. The predicted octanol–water partition coefficient (Wildman–Crippen LogP) is 3.79. The summed E-state index contributed by atoms with van der Waals surface area (Å²) in [6, 6.07) is 0. The Kier molecular flexibility index (Phi) is 9.05. The minimum absolute atomic E-state index is 0. The third-order valence-corrected chi connectivity index (χ3v) is 2.57. The normalized spacial score (nSPS) is 14.9. The summed E-state index contributed by atoms with van der Waals surface area (Å²) >= 11 is 0. The van der Waals surface area contributed by atoms with Crippen LogP contribution in [0.2, 0.25) is 0 Å². The molecule has 0 unspecified atom stereocenters. The maximum Gasteiger partial charge on any atom is 0 e. The molecule has 0 spiro atoms. The Bertz CT molecular complexity index is 145. The molecule has 0 aromatic rings. The monoisotopic (exact) mass is 241 g/mol. The number of allylic oxidation sites excluding steroid dienone is 2. The Hall–Kier alpha value is 0.714. The zero-order valence-corrected chi connectivity index (χ0v) is 12.1. The van der Waals surface area contributed by atoms with Crippen LogP contribution >= 0.6 is 0 Å². The number of hydrogen-bond donors (Lipinski definition) is 0. The molecule has 1 atom stereocenters. The van der Waals surface area contributed by atoms with Gasteiger partial charge in [0.1, 0.15) is 0 Å². The Morgan fingerprint density at radius 1 is 1.25 bits per heavy atom. The fourth-order valence-corrected chi connectivity index (χ4v) is 1.00. The first-order chi connectivity index (χ1) is 5.00. The molecule has 1 heteroatoms. The van der Waals surface area contributed by atoms with Gasteiger partial charge < -0.3 is 5.92 Å². The molecule has 0 aliphatic carbocycles. The van der Waals surface area contributed by atoms with E-state index < -0.39 is 0 Å². The molecular formula is C11H20Y-2. The fraction of sp³-hybridized carbons (Fsp3) is 0.636. The van der Waals surface area contributed by atoms with Crippen molar-refractivity contribution in [2.24, 2.45) is 5.92 Å². The molecule has 12 heavy (non-hydrogen) atoms. The van der Waals surface area contributed by atoms with Gasteiger partial charge >= 0.3 is 0 Å². The van der Waals surface area contributed by atoms with Gasteiger partial charge in [0.15, 0.2) is 0 Å². The van der Waals surface area contributed by atoms with Gasteiger partial charge in [-0.15, -0.1) is 20.8 Å². The summed E-state index contributed by atoms with van der Waals surface area (Å²) < 4.78 is 0. The molecule has 0 saturated carbocycles. The summed E-state index contributed by atoms with van der Waals surface area (Å²) in [5.74, 6) is 2.12. The van der Waals surface area contributed by atoms with E-state index in [1.54, 1.807) is 0 Å². The van der Waals surface area contributed by atoms with Crippen LogP contribution in [0, 0.1) is 18.3 Å². The van der Waals surface area contributed by atoms with Crippen molar-refractivity contribution in [1.82, 2.24) is 0 Å². The molecule has 0 bridgehead atoms. The van der Waals surface area contributed by atoms with Crippen LogP contribution in [0.25, 0.3) is 0 Å². The van der Waals surface area contributed by atoms with Crippen LogP contribution in [0.4, 0.5) is 0 Å². The standard InChI is InChI=1S/C11H20.Y/c1-7-9(4)11(6)10(5)8(2)3;/h7,10H,1-6H3;/q-2;/b11-9-;/t10-;/m1./s1. The van der Waals surface area contributed by atoms with Crippen molar-refractivity contribution in [2.75, 3.05) is 0 Å². The van der Waals surface area contributed by atoms with E-state index in [2.05, 4.69) is 48.0 Å². The van der Waals surface area contributed by atoms with Gasteiger partial charge in [0, 0.05) is 32.7 Å². The van der Waals surface area contributed by atoms with E-state index in [9.17, 15) is 0 Å². The van der Waals surface area contributed by atoms with Crippen molar-refractivity contribution >= 4 is 0 Å². The topological polar surface area (TPSA) is 0 Å². The van der Waals surface area contributed by atoms with Crippen LogP contribution in [0.1, 0.15) is 41.5 Å². The SMILES string of the molecule is C[CH-]/C(C)=C(/C)[C@H](C)[C-](C)C.[Y]. The van der Waals surface area contributed by atoms with E-state index >= 15 is 0 Å². The van der Waals surface area contributed by atoms with Crippen LogP contribution in [-0.4, -0.2) is 0 Å². The third-order valence-electron chi connectivity index (χ3n) is 2.57. The summed E-state index contributed by atoms with van der Waals surface area (Å²) in [7, 11) is 0. The second-order valence-corrected chi connectivity index (χ2v) is 3.45. The summed E-state index contributed by atoms with van der Waals surface area (Å²) in [5, 5.41) is 0. The second-order valence-electron chi connectivity index (χ2n) is 3.45. The molecule has 0 saturated heterocycles. The summed E-state index contributed by atoms with van der Waals surface area (Å²) in [4.78, 5) is 0. The Morgan fingerprint density at radius 2 is 1.67 bits per heavy atom. The van der Waals surface area contributed by atoms with E-state index in [-0.39, 0.29) is 32.7 Å². The van der Waals surface area contributed by atoms with Crippen LogP contribution < -0.4 is 0 Å².